The van der Waals surface area contributed by atoms with E-state index >= 15 is 0 Å². The summed E-state index contributed by atoms with van der Waals surface area (Å²) in [5.74, 6) is -0.892. The van der Waals surface area contributed by atoms with Crippen molar-refractivity contribution in [2.24, 2.45) is 0 Å². The van der Waals surface area contributed by atoms with Gasteiger partial charge in [0.25, 0.3) is 0 Å². The zero-order valence-corrected chi connectivity index (χ0v) is 12.2. The molecule has 0 aliphatic rings. The van der Waals surface area contributed by atoms with Gasteiger partial charge in [-0.1, -0.05) is 0 Å². The number of hydrogen-bond donors (Lipinski definition) is 1. The molecule has 0 saturated heterocycles. The molecule has 110 valence electrons. The maximum absolute atomic E-state index is 13.8. The number of benzene rings is 1. The van der Waals surface area contributed by atoms with E-state index in [2.05, 4.69) is 5.32 Å². The van der Waals surface area contributed by atoms with Gasteiger partial charge in [0.15, 0.2) is 11.6 Å². The van der Waals surface area contributed by atoms with E-state index < -0.39 is 17.5 Å². The molecule has 0 bridgehead atoms. The van der Waals surface area contributed by atoms with Crippen molar-refractivity contribution in [2.45, 2.75) is 33.3 Å². The molecule has 0 aromatic heterocycles. The van der Waals surface area contributed by atoms with Crippen LogP contribution in [0.2, 0.25) is 0 Å². The van der Waals surface area contributed by atoms with Gasteiger partial charge in [0.2, 0.25) is 0 Å². The van der Waals surface area contributed by atoms with Gasteiger partial charge in [-0.25, -0.2) is 9.18 Å². The Kier molecular flexibility index (Phi) is 4.70. The monoisotopic (exact) mass is 283 g/mol. The van der Waals surface area contributed by atoms with Gasteiger partial charge in [-0.3, -0.25) is 10.1 Å². The number of ketones is 1. The smallest absolute Gasteiger partial charge is 0.412 e. The van der Waals surface area contributed by atoms with Crippen LogP contribution in [0.25, 0.3) is 0 Å². The summed E-state index contributed by atoms with van der Waals surface area (Å²) in [5, 5.41) is 2.27. The van der Waals surface area contributed by atoms with Gasteiger partial charge in [0.1, 0.15) is 11.4 Å². The molecule has 1 aromatic carbocycles. The Labute approximate surface area is 117 Å². The van der Waals surface area contributed by atoms with E-state index in [1.54, 1.807) is 20.8 Å². The molecule has 0 saturated carbocycles. The van der Waals surface area contributed by atoms with E-state index in [4.69, 9.17) is 9.47 Å². The highest BCUT2D eigenvalue weighted by Crippen LogP contribution is 2.27. The molecule has 0 aliphatic carbocycles. The number of ether oxygens (including phenoxy) is 2. The lowest BCUT2D eigenvalue weighted by Gasteiger charge is -2.20. The zero-order chi connectivity index (χ0) is 15.5. The molecule has 0 fully saturated rings. The lowest BCUT2D eigenvalue weighted by Crippen LogP contribution is -2.27. The molecule has 0 radical (unpaired) electrons. The van der Waals surface area contributed by atoms with E-state index in [0.29, 0.717) is 0 Å². The van der Waals surface area contributed by atoms with Crippen molar-refractivity contribution in [1.29, 1.82) is 0 Å². The van der Waals surface area contributed by atoms with E-state index in [9.17, 15) is 14.0 Å². The summed E-state index contributed by atoms with van der Waals surface area (Å²) in [7, 11) is 1.34. The quantitative estimate of drug-likeness (QED) is 0.864. The van der Waals surface area contributed by atoms with Crippen LogP contribution < -0.4 is 10.1 Å². The molecule has 0 heterocycles. The zero-order valence-electron chi connectivity index (χ0n) is 12.2. The second-order valence-electron chi connectivity index (χ2n) is 5.22. The first kappa shape index (κ1) is 15.9. The lowest BCUT2D eigenvalue weighted by atomic mass is 10.1. The maximum atomic E-state index is 13.8. The van der Waals surface area contributed by atoms with Gasteiger partial charge >= 0.3 is 6.09 Å². The average molecular weight is 283 g/mol. The Morgan fingerprint density at radius 1 is 1.25 bits per heavy atom. The standard InChI is InChI=1S/C14H18FNO4/c1-8(17)9-6-11(10(15)7-12(9)19-5)16-13(18)20-14(2,3)4/h6-7H,1-5H3,(H,16,18). The highest BCUT2D eigenvalue weighted by atomic mass is 19.1. The molecule has 1 N–H and O–H groups in total. The van der Waals surface area contributed by atoms with Crippen molar-refractivity contribution < 1.29 is 23.5 Å². The predicted molar refractivity (Wildman–Crippen MR) is 72.8 cm³/mol. The third-order valence-electron chi connectivity index (χ3n) is 2.30. The van der Waals surface area contributed by atoms with Crippen LogP contribution in [0.5, 0.6) is 5.75 Å². The van der Waals surface area contributed by atoms with Crippen molar-refractivity contribution in [3.8, 4) is 5.75 Å². The highest BCUT2D eigenvalue weighted by molar-refractivity contribution is 5.98. The minimum atomic E-state index is -0.795. The molecular weight excluding hydrogens is 265 g/mol. The predicted octanol–water partition coefficient (Wildman–Crippen LogP) is 3.38. The van der Waals surface area contributed by atoms with E-state index in [-0.39, 0.29) is 22.8 Å². The van der Waals surface area contributed by atoms with E-state index in [0.717, 1.165) is 6.07 Å². The first-order chi connectivity index (χ1) is 9.14. The third kappa shape index (κ3) is 4.22. The molecule has 20 heavy (non-hydrogen) atoms. The van der Waals surface area contributed by atoms with Crippen LogP contribution in [0.1, 0.15) is 38.1 Å². The molecule has 0 atom stereocenters. The fraction of sp³-hybridized carbons (Fsp3) is 0.429. The fourth-order valence-electron chi connectivity index (χ4n) is 1.51. The average Bonchev–Trinajstić information content (AvgIpc) is 2.28. The molecule has 0 aliphatic heterocycles. The van der Waals surface area contributed by atoms with Gasteiger partial charge in [-0.2, -0.15) is 0 Å². The van der Waals surface area contributed by atoms with Crippen LogP contribution >= 0.6 is 0 Å². The van der Waals surface area contributed by atoms with Gasteiger partial charge in [0, 0.05) is 6.07 Å². The van der Waals surface area contributed by atoms with Crippen LogP contribution in [0.4, 0.5) is 14.9 Å². The molecule has 0 spiro atoms. The summed E-state index contributed by atoms with van der Waals surface area (Å²) in [6.07, 6.45) is -0.795. The Morgan fingerprint density at radius 3 is 2.30 bits per heavy atom. The molecule has 1 rings (SSSR count). The third-order valence-corrected chi connectivity index (χ3v) is 2.30. The number of halogens is 1. The highest BCUT2D eigenvalue weighted by Gasteiger charge is 2.19. The topological polar surface area (TPSA) is 64.6 Å². The number of rotatable bonds is 3. The van der Waals surface area contributed by atoms with E-state index in [1.165, 1.54) is 20.1 Å². The van der Waals surface area contributed by atoms with Crippen LogP contribution in [0, 0.1) is 5.82 Å². The molecular formula is C14H18FNO4. The van der Waals surface area contributed by atoms with Crippen molar-refractivity contribution in [3.05, 3.63) is 23.5 Å². The molecule has 5 nitrogen and oxygen atoms in total. The van der Waals surface area contributed by atoms with Gasteiger partial charge in [-0.15, -0.1) is 0 Å². The van der Waals surface area contributed by atoms with Gasteiger partial charge in [0.05, 0.1) is 18.4 Å². The van der Waals surface area contributed by atoms with Crippen molar-refractivity contribution in [1.82, 2.24) is 0 Å². The molecule has 1 aromatic rings. The summed E-state index contributed by atoms with van der Waals surface area (Å²) < 4.78 is 23.8. The molecule has 0 unspecified atom stereocenters. The largest absolute Gasteiger partial charge is 0.496 e. The first-order valence-corrected chi connectivity index (χ1v) is 6.02. The number of carbonyl (C=O) groups is 2. The number of anilines is 1. The number of hydrogen-bond acceptors (Lipinski definition) is 4. The summed E-state index contributed by atoms with van der Waals surface area (Å²) >= 11 is 0. The number of carbonyl (C=O) groups excluding carboxylic acids is 2. The Bertz CT molecular complexity index is 535. The Balaban J connectivity index is 3.04. The minimum absolute atomic E-state index is 0.115. The Morgan fingerprint density at radius 2 is 1.85 bits per heavy atom. The van der Waals surface area contributed by atoms with Crippen LogP contribution in [-0.4, -0.2) is 24.6 Å². The number of nitrogens with one attached hydrogen (secondary N) is 1. The van der Waals surface area contributed by atoms with Crippen molar-refractivity contribution in [2.75, 3.05) is 12.4 Å². The fourth-order valence-corrected chi connectivity index (χ4v) is 1.51. The number of amides is 1. The number of methoxy groups -OCH3 is 1. The summed E-state index contributed by atoms with van der Waals surface area (Å²) in [5.41, 5.74) is -0.651. The van der Waals surface area contributed by atoms with Crippen LogP contribution in [0.15, 0.2) is 12.1 Å². The second kappa shape index (κ2) is 5.90. The lowest BCUT2D eigenvalue weighted by molar-refractivity contribution is 0.0634. The normalized spacial score (nSPS) is 10.9. The van der Waals surface area contributed by atoms with Gasteiger partial charge < -0.3 is 9.47 Å². The van der Waals surface area contributed by atoms with Crippen LogP contribution in [0.3, 0.4) is 0 Å². The van der Waals surface area contributed by atoms with Crippen molar-refractivity contribution >= 4 is 17.6 Å². The number of Topliss-reactive ketones (excluding diaryl/α,β-unsaturated/α-hetero) is 1. The van der Waals surface area contributed by atoms with Crippen molar-refractivity contribution in [3.63, 3.8) is 0 Å². The summed E-state index contributed by atoms with van der Waals surface area (Å²) in [6.45, 7) is 6.40. The van der Waals surface area contributed by atoms with Crippen LogP contribution in [-0.2, 0) is 4.74 Å². The van der Waals surface area contributed by atoms with Gasteiger partial charge in [-0.05, 0) is 33.8 Å². The maximum Gasteiger partial charge on any atom is 0.412 e. The molecule has 6 heteroatoms. The second-order valence-corrected chi connectivity index (χ2v) is 5.22. The Hall–Kier alpha value is -2.11. The summed E-state index contributed by atoms with van der Waals surface area (Å²) in [4.78, 5) is 23.1. The first-order valence-electron chi connectivity index (χ1n) is 6.02. The minimum Gasteiger partial charge on any atom is -0.496 e. The van der Waals surface area contributed by atoms with E-state index in [1.807, 2.05) is 0 Å². The summed E-state index contributed by atoms with van der Waals surface area (Å²) in [6, 6.07) is 2.27. The molecule has 1 amide bonds. The SMILES string of the molecule is COc1cc(F)c(NC(=O)OC(C)(C)C)cc1C(C)=O.